The summed E-state index contributed by atoms with van der Waals surface area (Å²) in [4.78, 5) is 34.2. The molecule has 10 heterocycles. The third-order valence-corrected chi connectivity index (χ3v) is 10.7. The molecule has 4 N–H and O–H groups in total. The molecule has 0 aromatic carbocycles. The number of H-pyrrole nitrogens is 4. The smallest absolute Gasteiger partial charge is 0.0659 e. The number of aromatic nitrogens is 8. The van der Waals surface area contributed by atoms with Gasteiger partial charge in [-0.05, 0) is 169 Å². The number of aromatic amines is 4. The summed E-state index contributed by atoms with van der Waals surface area (Å²) in [5, 5.41) is 0. The largest absolute Gasteiger partial charge is 0.355 e. The number of hydrogen-bond acceptors (Lipinski definition) is 4. The molecule has 53 heavy (non-hydrogen) atoms. The maximum absolute atomic E-state index is 4.98. The normalized spacial score (nSPS) is 17.3. The first-order valence-electron chi connectivity index (χ1n) is 18.3. The Morgan fingerprint density at radius 2 is 0.679 bits per heavy atom. The molecule has 6 aromatic rings. The lowest BCUT2D eigenvalue weighted by Gasteiger charge is -2.19. The van der Waals surface area contributed by atoms with E-state index < -0.39 is 0 Å². The molecule has 16 bridgehead atoms. The van der Waals surface area contributed by atoms with Crippen molar-refractivity contribution in [1.29, 1.82) is 0 Å². The van der Waals surface area contributed by atoms with Crippen LogP contribution in [-0.4, -0.2) is 39.9 Å². The Bertz CT molecular complexity index is 2960. The predicted molar refractivity (Wildman–Crippen MR) is 217 cm³/mol. The van der Waals surface area contributed by atoms with Crippen LogP contribution in [0.5, 0.6) is 0 Å². The second-order valence-corrected chi connectivity index (χ2v) is 14.4. The van der Waals surface area contributed by atoms with Crippen LogP contribution in [-0.2, 0) is 0 Å². The lowest BCUT2D eigenvalue weighted by Crippen LogP contribution is -2.04. The Labute approximate surface area is 304 Å². The van der Waals surface area contributed by atoms with Crippen molar-refractivity contribution in [2.24, 2.45) is 0 Å². The van der Waals surface area contributed by atoms with E-state index in [4.69, 9.17) is 19.9 Å². The van der Waals surface area contributed by atoms with Crippen LogP contribution in [0.2, 0.25) is 0 Å². The molecule has 5 aliphatic rings. The minimum Gasteiger partial charge on any atom is -0.355 e. The zero-order valence-corrected chi connectivity index (χ0v) is 28.8. The van der Waals surface area contributed by atoms with Crippen molar-refractivity contribution in [1.82, 2.24) is 39.9 Å². The molecule has 8 heteroatoms. The van der Waals surface area contributed by atoms with Crippen LogP contribution in [0.3, 0.4) is 0 Å². The van der Waals surface area contributed by atoms with Crippen LogP contribution >= 0.6 is 0 Å². The van der Waals surface area contributed by atoms with E-state index in [0.29, 0.717) is 11.8 Å². The first kappa shape index (κ1) is 29.9. The highest BCUT2D eigenvalue weighted by Gasteiger charge is 2.33. The SMILES string of the molecule is C1=Cc2cc3ccc(cc4cc(C5CCCC5c5cc6cc7nc(cc8ccc(cc9nc(cc5[nH]6)C=C9)[nH]8)C=C7)c(cc5nc(cc1n2)C=C5)[nH]4)[nH]3. The summed E-state index contributed by atoms with van der Waals surface area (Å²) in [6.45, 7) is 0. The van der Waals surface area contributed by atoms with Crippen LogP contribution in [0.4, 0.5) is 0 Å². The van der Waals surface area contributed by atoms with Gasteiger partial charge in [0.2, 0.25) is 0 Å². The number of hydrogen-bond donors (Lipinski definition) is 4. The number of nitrogens with zero attached hydrogens (tertiary/aromatic N) is 4. The zero-order valence-electron chi connectivity index (χ0n) is 28.8. The Hall–Kier alpha value is -6.80. The Balaban J connectivity index is 1.09. The van der Waals surface area contributed by atoms with Gasteiger partial charge in [0.25, 0.3) is 0 Å². The fourth-order valence-corrected chi connectivity index (χ4v) is 8.40. The van der Waals surface area contributed by atoms with Gasteiger partial charge in [0.05, 0.1) is 45.6 Å². The van der Waals surface area contributed by atoms with Crippen molar-refractivity contribution in [3.05, 3.63) is 142 Å². The highest BCUT2D eigenvalue weighted by Crippen LogP contribution is 2.49. The van der Waals surface area contributed by atoms with Crippen LogP contribution in [0.15, 0.2) is 84.9 Å². The fourth-order valence-electron chi connectivity index (χ4n) is 8.40. The van der Waals surface area contributed by atoms with Gasteiger partial charge in [-0.25, -0.2) is 19.9 Å². The Morgan fingerprint density at radius 3 is 1.11 bits per heavy atom. The Kier molecular flexibility index (Phi) is 6.70. The van der Waals surface area contributed by atoms with Gasteiger partial charge >= 0.3 is 0 Å². The molecule has 0 saturated heterocycles. The minimum absolute atomic E-state index is 0.307. The van der Waals surface area contributed by atoms with Gasteiger partial charge in [0, 0.05) is 44.1 Å². The van der Waals surface area contributed by atoms with E-state index in [1.807, 2.05) is 18.2 Å². The van der Waals surface area contributed by atoms with Gasteiger partial charge < -0.3 is 19.9 Å². The lowest BCUT2D eigenvalue weighted by atomic mass is 9.84. The average molecular weight is 687 g/mol. The Morgan fingerprint density at radius 1 is 0.340 bits per heavy atom. The van der Waals surface area contributed by atoms with E-state index in [-0.39, 0.29) is 0 Å². The van der Waals surface area contributed by atoms with Crippen molar-refractivity contribution in [3.63, 3.8) is 0 Å². The third kappa shape index (κ3) is 5.74. The van der Waals surface area contributed by atoms with E-state index in [9.17, 15) is 0 Å². The van der Waals surface area contributed by atoms with Crippen LogP contribution in [0.1, 0.15) is 87.8 Å². The van der Waals surface area contributed by atoms with Crippen molar-refractivity contribution >= 4 is 92.7 Å². The summed E-state index contributed by atoms with van der Waals surface area (Å²) in [6, 6.07) is 30.1. The number of nitrogens with one attached hydrogen (secondary N) is 4. The maximum Gasteiger partial charge on any atom is 0.0659 e. The maximum atomic E-state index is 4.98. The molecule has 1 fully saturated rings. The molecule has 0 radical (unpaired) electrons. The van der Waals surface area contributed by atoms with Crippen LogP contribution < -0.4 is 0 Å². The molecule has 0 amide bonds. The molecule has 11 rings (SSSR count). The van der Waals surface area contributed by atoms with Gasteiger partial charge in [-0.2, -0.15) is 0 Å². The van der Waals surface area contributed by atoms with Gasteiger partial charge in [-0.1, -0.05) is 6.42 Å². The standard InChI is InChI=1S/C45H34N8/c1-2-40(42-22-38-20-34-10-8-30(48-34)16-26-4-6-28(46-26)18-32-12-14-36(50-32)24-44(42)52-38)41(3-1)43-23-39-21-35-11-9-31(49-35)17-27-5-7-29(47-27)19-33-13-15-37(51-33)25-45(43)53-39/h4-25,40-41,46,49,52-53H,1-3H2. The lowest BCUT2D eigenvalue weighted by molar-refractivity contribution is 0.633. The molecule has 1 saturated carbocycles. The highest BCUT2D eigenvalue weighted by molar-refractivity contribution is 5.81. The molecular weight excluding hydrogens is 653 g/mol. The van der Waals surface area contributed by atoms with Crippen molar-refractivity contribution in [3.8, 4) is 0 Å². The number of fused-ring (bicyclic) bond motifs is 16. The monoisotopic (exact) mass is 686 g/mol. The van der Waals surface area contributed by atoms with Gasteiger partial charge in [-0.15, -0.1) is 0 Å². The summed E-state index contributed by atoms with van der Waals surface area (Å²) < 4.78 is 0. The van der Waals surface area contributed by atoms with E-state index in [0.717, 1.165) is 109 Å². The molecule has 2 atom stereocenters. The van der Waals surface area contributed by atoms with E-state index >= 15 is 0 Å². The molecule has 254 valence electrons. The van der Waals surface area contributed by atoms with E-state index in [2.05, 4.69) is 135 Å². The quantitative estimate of drug-likeness (QED) is 0.145. The van der Waals surface area contributed by atoms with Gasteiger partial charge in [0.1, 0.15) is 0 Å². The second kappa shape index (κ2) is 11.9. The molecule has 1 aliphatic carbocycles. The molecule has 0 spiro atoms. The van der Waals surface area contributed by atoms with Crippen molar-refractivity contribution in [2.75, 3.05) is 0 Å². The molecule has 4 aliphatic heterocycles. The summed E-state index contributed by atoms with van der Waals surface area (Å²) >= 11 is 0. The predicted octanol–water partition coefficient (Wildman–Crippen LogP) is 10.7. The molecule has 2 unspecified atom stereocenters. The summed E-state index contributed by atoms with van der Waals surface area (Å²) in [6.07, 6.45) is 19.9. The first-order chi connectivity index (χ1) is 26.1. The zero-order chi connectivity index (χ0) is 34.9. The highest BCUT2D eigenvalue weighted by atomic mass is 14.8. The number of rotatable bonds is 2. The summed E-state index contributed by atoms with van der Waals surface area (Å²) in [5.41, 5.74) is 18.3. The minimum atomic E-state index is 0.307. The summed E-state index contributed by atoms with van der Waals surface area (Å²) in [5.74, 6) is 0.616. The summed E-state index contributed by atoms with van der Waals surface area (Å²) in [7, 11) is 0. The second-order valence-electron chi connectivity index (χ2n) is 14.4. The molecule has 6 aromatic heterocycles. The van der Waals surface area contributed by atoms with E-state index in [1.54, 1.807) is 0 Å². The first-order valence-corrected chi connectivity index (χ1v) is 18.3. The van der Waals surface area contributed by atoms with Crippen LogP contribution in [0, 0.1) is 0 Å². The molecule has 8 nitrogen and oxygen atoms in total. The average Bonchev–Trinajstić information content (AvgIpc) is 3.97. The van der Waals surface area contributed by atoms with Crippen molar-refractivity contribution in [2.45, 2.75) is 31.1 Å². The van der Waals surface area contributed by atoms with Crippen molar-refractivity contribution < 1.29 is 0 Å². The molecular formula is C45H34N8. The van der Waals surface area contributed by atoms with Gasteiger partial charge in [-0.3, -0.25) is 0 Å². The van der Waals surface area contributed by atoms with Gasteiger partial charge in [0.15, 0.2) is 0 Å². The fraction of sp³-hybridized carbons (Fsp3) is 0.111. The van der Waals surface area contributed by atoms with Crippen LogP contribution in [0.25, 0.3) is 92.7 Å². The third-order valence-electron chi connectivity index (χ3n) is 10.7. The topological polar surface area (TPSA) is 115 Å². The van der Waals surface area contributed by atoms with E-state index in [1.165, 1.54) is 11.1 Å².